The molecule has 1 aromatic carbocycles. The number of aliphatic hydroxyl groups is 1. The highest BCUT2D eigenvalue weighted by Crippen LogP contribution is 2.31. The van der Waals surface area contributed by atoms with Crippen LogP contribution in [0, 0.1) is 0 Å². The third-order valence-electron chi connectivity index (χ3n) is 4.76. The van der Waals surface area contributed by atoms with Gasteiger partial charge in [-0.2, -0.15) is 0 Å². The van der Waals surface area contributed by atoms with Crippen LogP contribution in [0.15, 0.2) is 30.3 Å². The smallest absolute Gasteiger partial charge is 0.0900 e. The molecule has 2 saturated heterocycles. The molecule has 2 heterocycles. The van der Waals surface area contributed by atoms with Crippen LogP contribution in [0.1, 0.15) is 25.8 Å². The molecule has 1 unspecified atom stereocenters. The van der Waals surface area contributed by atoms with Crippen LogP contribution in [-0.4, -0.2) is 65.4 Å². The number of hydrogen-bond acceptors (Lipinski definition) is 4. The number of ether oxygens (including phenoxy) is 1. The second-order valence-electron chi connectivity index (χ2n) is 6.95. The zero-order valence-corrected chi connectivity index (χ0v) is 13.7. The van der Waals surface area contributed by atoms with Gasteiger partial charge in [0, 0.05) is 38.3 Å². The third kappa shape index (κ3) is 3.87. The topological polar surface area (TPSA) is 35.9 Å². The summed E-state index contributed by atoms with van der Waals surface area (Å²) in [6.45, 7) is 8.45. The van der Waals surface area contributed by atoms with Gasteiger partial charge in [-0.1, -0.05) is 30.3 Å². The first-order valence-electron chi connectivity index (χ1n) is 8.43. The fourth-order valence-electron chi connectivity index (χ4n) is 3.69. The molecule has 2 bridgehead atoms. The third-order valence-corrected chi connectivity index (χ3v) is 4.76. The fourth-order valence-corrected chi connectivity index (χ4v) is 3.69. The van der Waals surface area contributed by atoms with E-state index >= 15 is 0 Å². The van der Waals surface area contributed by atoms with E-state index in [2.05, 4.69) is 40.1 Å². The molecule has 0 spiro atoms. The Morgan fingerprint density at radius 1 is 1.14 bits per heavy atom. The van der Waals surface area contributed by atoms with E-state index in [9.17, 15) is 5.11 Å². The van der Waals surface area contributed by atoms with Gasteiger partial charge in [0.1, 0.15) is 0 Å². The molecule has 2 fully saturated rings. The normalized spacial score (nSPS) is 26.9. The van der Waals surface area contributed by atoms with E-state index in [1.165, 1.54) is 12.0 Å². The number of hydrogen-bond donors (Lipinski definition) is 1. The van der Waals surface area contributed by atoms with Crippen molar-refractivity contribution in [3.63, 3.8) is 0 Å². The van der Waals surface area contributed by atoms with Crippen LogP contribution >= 0.6 is 0 Å². The van der Waals surface area contributed by atoms with E-state index < -0.39 is 0 Å². The first-order chi connectivity index (χ1) is 10.6. The summed E-state index contributed by atoms with van der Waals surface area (Å²) in [7, 11) is 0. The largest absolute Gasteiger partial charge is 0.389 e. The molecular weight excluding hydrogens is 276 g/mol. The van der Waals surface area contributed by atoms with Gasteiger partial charge in [-0.15, -0.1) is 0 Å². The molecule has 0 amide bonds. The van der Waals surface area contributed by atoms with Crippen LogP contribution in [-0.2, 0) is 11.3 Å². The van der Waals surface area contributed by atoms with E-state index in [1.54, 1.807) is 0 Å². The number of piperazine rings is 1. The molecule has 3 rings (SSSR count). The Morgan fingerprint density at radius 3 is 2.45 bits per heavy atom. The number of likely N-dealkylation sites (tertiary alicyclic amines) is 2. The van der Waals surface area contributed by atoms with Gasteiger partial charge in [0.15, 0.2) is 0 Å². The molecule has 0 aliphatic carbocycles. The molecule has 0 saturated carbocycles. The maximum Gasteiger partial charge on any atom is 0.0900 e. The summed E-state index contributed by atoms with van der Waals surface area (Å²) in [5.41, 5.74) is 1.40. The molecule has 2 aliphatic heterocycles. The van der Waals surface area contributed by atoms with Crippen LogP contribution < -0.4 is 0 Å². The van der Waals surface area contributed by atoms with Crippen LogP contribution in [0.5, 0.6) is 0 Å². The zero-order chi connectivity index (χ0) is 15.5. The van der Waals surface area contributed by atoms with Crippen molar-refractivity contribution in [2.24, 2.45) is 0 Å². The van der Waals surface area contributed by atoms with Crippen molar-refractivity contribution in [1.29, 1.82) is 0 Å². The van der Waals surface area contributed by atoms with Gasteiger partial charge in [-0.25, -0.2) is 0 Å². The average Bonchev–Trinajstić information content (AvgIpc) is 3.06. The van der Waals surface area contributed by atoms with Crippen molar-refractivity contribution >= 4 is 0 Å². The van der Waals surface area contributed by atoms with E-state index in [1.807, 2.05) is 13.8 Å². The summed E-state index contributed by atoms with van der Waals surface area (Å²) < 4.78 is 5.51. The van der Waals surface area contributed by atoms with Crippen molar-refractivity contribution in [2.75, 3.05) is 26.2 Å². The summed E-state index contributed by atoms with van der Waals surface area (Å²) in [6, 6.07) is 11.9. The van der Waals surface area contributed by atoms with Crippen molar-refractivity contribution in [2.45, 2.75) is 51.1 Å². The van der Waals surface area contributed by atoms with E-state index in [-0.39, 0.29) is 12.2 Å². The second kappa shape index (κ2) is 7.09. The molecule has 22 heavy (non-hydrogen) atoms. The van der Waals surface area contributed by atoms with Crippen molar-refractivity contribution < 1.29 is 9.84 Å². The number of β-amino-alcohol motifs (C(OH)–C–C–N with tert-alkyl or cyclic N) is 1. The highest BCUT2D eigenvalue weighted by atomic mass is 16.5. The predicted octanol–water partition coefficient (Wildman–Crippen LogP) is 1.73. The molecule has 0 radical (unpaired) electrons. The Morgan fingerprint density at radius 2 is 1.82 bits per heavy atom. The van der Waals surface area contributed by atoms with Gasteiger partial charge >= 0.3 is 0 Å². The molecule has 122 valence electrons. The number of fused-ring (bicyclic) bond motifs is 2. The van der Waals surface area contributed by atoms with E-state index in [0.717, 1.165) is 26.2 Å². The van der Waals surface area contributed by atoms with E-state index in [4.69, 9.17) is 4.74 Å². The first kappa shape index (κ1) is 15.9. The Hall–Kier alpha value is -0.940. The summed E-state index contributed by atoms with van der Waals surface area (Å²) in [5.74, 6) is 0. The fraction of sp³-hybridized carbons (Fsp3) is 0.667. The predicted molar refractivity (Wildman–Crippen MR) is 87.7 cm³/mol. The van der Waals surface area contributed by atoms with Crippen LogP contribution in [0.4, 0.5) is 0 Å². The summed E-state index contributed by atoms with van der Waals surface area (Å²) in [6.07, 6.45) is 1.06. The van der Waals surface area contributed by atoms with Crippen molar-refractivity contribution in [1.82, 2.24) is 9.80 Å². The number of nitrogens with zero attached hydrogens (tertiary/aromatic N) is 2. The van der Waals surface area contributed by atoms with Gasteiger partial charge in [0.2, 0.25) is 0 Å². The molecule has 1 aromatic rings. The molecule has 3 atom stereocenters. The monoisotopic (exact) mass is 304 g/mol. The Balaban J connectivity index is 1.45. The number of rotatable bonds is 7. The van der Waals surface area contributed by atoms with Gasteiger partial charge in [-0.3, -0.25) is 9.80 Å². The van der Waals surface area contributed by atoms with Crippen molar-refractivity contribution in [3.05, 3.63) is 35.9 Å². The van der Waals surface area contributed by atoms with Gasteiger partial charge < -0.3 is 9.84 Å². The lowest BCUT2D eigenvalue weighted by Crippen LogP contribution is -2.48. The lowest BCUT2D eigenvalue weighted by atomic mass is 10.2. The Kier molecular flexibility index (Phi) is 5.14. The van der Waals surface area contributed by atoms with Gasteiger partial charge in [0.25, 0.3) is 0 Å². The van der Waals surface area contributed by atoms with E-state index in [0.29, 0.717) is 18.7 Å². The summed E-state index contributed by atoms with van der Waals surface area (Å²) in [4.78, 5) is 5.04. The second-order valence-corrected chi connectivity index (χ2v) is 6.95. The highest BCUT2D eigenvalue weighted by Gasteiger charge is 2.43. The lowest BCUT2D eigenvalue weighted by Gasteiger charge is -2.35. The first-order valence-corrected chi connectivity index (χ1v) is 8.43. The zero-order valence-electron chi connectivity index (χ0n) is 13.7. The number of benzene rings is 1. The molecule has 1 N–H and O–H groups in total. The minimum atomic E-state index is -0.371. The maximum absolute atomic E-state index is 10.1. The standard InChI is InChI=1S/C18H28N2O2/c1-14(2)22-13-18(21)12-20-11-16-8-17(20)10-19(16)9-15-6-4-3-5-7-15/h3-7,14,16-18,21H,8-13H2,1-2H3/t16-,17-,18?/m0/s1. The summed E-state index contributed by atoms with van der Waals surface area (Å²) in [5, 5.41) is 10.1. The average molecular weight is 304 g/mol. The van der Waals surface area contributed by atoms with Gasteiger partial charge in [-0.05, 0) is 25.8 Å². The van der Waals surface area contributed by atoms with Crippen molar-refractivity contribution in [3.8, 4) is 0 Å². The molecule has 4 heteroatoms. The number of aliphatic hydroxyl groups excluding tert-OH is 1. The molecule has 0 aromatic heterocycles. The van der Waals surface area contributed by atoms with Crippen LogP contribution in [0.25, 0.3) is 0 Å². The quantitative estimate of drug-likeness (QED) is 0.832. The maximum atomic E-state index is 10.1. The minimum Gasteiger partial charge on any atom is -0.389 e. The lowest BCUT2D eigenvalue weighted by molar-refractivity contribution is -0.0160. The van der Waals surface area contributed by atoms with Gasteiger partial charge in [0.05, 0.1) is 18.8 Å². The molecule has 2 aliphatic rings. The minimum absolute atomic E-state index is 0.186. The van der Waals surface area contributed by atoms with Crippen LogP contribution in [0.3, 0.4) is 0 Å². The summed E-state index contributed by atoms with van der Waals surface area (Å²) >= 11 is 0. The molecule has 4 nitrogen and oxygen atoms in total. The SMILES string of the molecule is CC(C)OCC(O)CN1C[C@@H]2C[C@H]1CN2Cc1ccccc1. The highest BCUT2D eigenvalue weighted by molar-refractivity contribution is 5.15. The van der Waals surface area contributed by atoms with Crippen LogP contribution in [0.2, 0.25) is 0 Å². The molecular formula is C18H28N2O2. The Bertz CT molecular complexity index is 465. The Labute approximate surface area is 133 Å².